The molecule has 0 bridgehead atoms. The number of aromatic nitrogens is 2. The Morgan fingerprint density at radius 1 is 1.38 bits per heavy atom. The smallest absolute Gasteiger partial charge is 0.262 e. The van der Waals surface area contributed by atoms with Crippen LogP contribution in [0.1, 0.15) is 17.4 Å². The highest BCUT2D eigenvalue weighted by Gasteiger charge is 2.10. The summed E-state index contributed by atoms with van der Waals surface area (Å²) in [5.41, 5.74) is 2.74. The molecule has 0 aliphatic carbocycles. The summed E-state index contributed by atoms with van der Waals surface area (Å²) in [6.07, 6.45) is 3.62. The fourth-order valence-corrected chi connectivity index (χ4v) is 3.65. The van der Waals surface area contributed by atoms with E-state index in [0.717, 1.165) is 11.3 Å². The van der Waals surface area contributed by atoms with E-state index in [1.807, 2.05) is 13.0 Å². The predicted molar refractivity (Wildman–Crippen MR) is 105 cm³/mol. The van der Waals surface area contributed by atoms with Crippen LogP contribution in [-0.2, 0) is 17.8 Å². The van der Waals surface area contributed by atoms with Gasteiger partial charge in [0.25, 0.3) is 11.5 Å². The van der Waals surface area contributed by atoms with Crippen LogP contribution in [0.15, 0.2) is 40.5 Å². The Morgan fingerprint density at radius 3 is 2.92 bits per heavy atom. The molecule has 3 rings (SSSR count). The number of thiophene rings is 1. The molecule has 0 saturated heterocycles. The molecule has 0 atom stereocenters. The van der Waals surface area contributed by atoms with Crippen molar-refractivity contribution in [2.24, 2.45) is 5.10 Å². The van der Waals surface area contributed by atoms with E-state index in [1.165, 1.54) is 28.4 Å². The summed E-state index contributed by atoms with van der Waals surface area (Å²) in [4.78, 5) is 30.5. The number of nitrogens with one attached hydrogen (secondary N) is 1. The number of rotatable bonds is 5. The van der Waals surface area contributed by atoms with E-state index < -0.39 is 5.91 Å². The number of hydrogen-bond donors (Lipinski definition) is 1. The Bertz CT molecular complexity index is 1060. The maximum Gasteiger partial charge on any atom is 0.262 e. The molecular formula is C17H14Cl2N4O2S. The van der Waals surface area contributed by atoms with E-state index in [4.69, 9.17) is 23.2 Å². The monoisotopic (exact) mass is 408 g/mol. The first kappa shape index (κ1) is 18.6. The Kier molecular flexibility index (Phi) is 5.70. The van der Waals surface area contributed by atoms with E-state index in [9.17, 15) is 9.59 Å². The zero-order valence-corrected chi connectivity index (χ0v) is 16.0. The van der Waals surface area contributed by atoms with Gasteiger partial charge < -0.3 is 0 Å². The number of carbonyl (C=O) groups is 1. The maximum atomic E-state index is 12.4. The molecule has 0 saturated carbocycles. The van der Waals surface area contributed by atoms with Gasteiger partial charge in [-0.25, -0.2) is 10.4 Å². The van der Waals surface area contributed by atoms with E-state index >= 15 is 0 Å². The Morgan fingerprint density at radius 2 is 2.19 bits per heavy atom. The van der Waals surface area contributed by atoms with E-state index in [2.05, 4.69) is 15.5 Å². The van der Waals surface area contributed by atoms with Gasteiger partial charge in [0.15, 0.2) is 0 Å². The fraction of sp³-hybridized carbons (Fsp3) is 0.176. The third kappa shape index (κ3) is 4.12. The summed E-state index contributed by atoms with van der Waals surface area (Å²) in [6, 6.07) is 6.76. The van der Waals surface area contributed by atoms with E-state index in [0.29, 0.717) is 25.8 Å². The first-order valence-corrected chi connectivity index (χ1v) is 9.30. The molecule has 1 aromatic carbocycles. The Hall–Kier alpha value is -2.22. The van der Waals surface area contributed by atoms with Crippen LogP contribution in [0.5, 0.6) is 0 Å². The van der Waals surface area contributed by atoms with Gasteiger partial charge in [-0.1, -0.05) is 36.2 Å². The van der Waals surface area contributed by atoms with Crippen molar-refractivity contribution in [3.63, 3.8) is 0 Å². The van der Waals surface area contributed by atoms with E-state index in [-0.39, 0.29) is 12.1 Å². The molecular weight excluding hydrogens is 395 g/mol. The van der Waals surface area contributed by atoms with Crippen LogP contribution in [0.2, 0.25) is 10.0 Å². The normalized spacial score (nSPS) is 11.3. The predicted octanol–water partition coefficient (Wildman–Crippen LogP) is 3.48. The molecule has 0 fully saturated rings. The molecule has 0 aliphatic heterocycles. The number of fused-ring (bicyclic) bond motifs is 1. The van der Waals surface area contributed by atoms with Crippen LogP contribution in [0, 0.1) is 0 Å². The van der Waals surface area contributed by atoms with Crippen LogP contribution in [0.4, 0.5) is 0 Å². The number of hydrogen-bond acceptors (Lipinski definition) is 5. The van der Waals surface area contributed by atoms with Crippen LogP contribution in [0.3, 0.4) is 0 Å². The van der Waals surface area contributed by atoms with Crippen molar-refractivity contribution >= 4 is 56.9 Å². The number of carbonyl (C=O) groups excluding carboxylic acids is 1. The average Bonchev–Trinajstić information content (AvgIpc) is 3.03. The zero-order valence-electron chi connectivity index (χ0n) is 13.7. The van der Waals surface area contributed by atoms with Gasteiger partial charge in [-0.3, -0.25) is 14.2 Å². The van der Waals surface area contributed by atoms with E-state index in [1.54, 1.807) is 18.2 Å². The number of halogens is 2. The lowest BCUT2D eigenvalue weighted by Crippen LogP contribution is -2.29. The molecule has 1 N–H and O–H groups in total. The molecule has 0 spiro atoms. The number of nitrogens with zero attached hydrogens (tertiary/aromatic N) is 3. The molecule has 9 heteroatoms. The van der Waals surface area contributed by atoms with Crippen molar-refractivity contribution in [3.05, 3.63) is 61.4 Å². The Labute approximate surface area is 163 Å². The van der Waals surface area contributed by atoms with Crippen LogP contribution in [0.25, 0.3) is 10.2 Å². The number of amides is 1. The van der Waals surface area contributed by atoms with Crippen molar-refractivity contribution in [2.75, 3.05) is 0 Å². The van der Waals surface area contributed by atoms with Gasteiger partial charge in [0.2, 0.25) is 0 Å². The number of hydrazone groups is 1. The van der Waals surface area contributed by atoms with Gasteiger partial charge in [-0.05, 0) is 24.6 Å². The number of aryl methyl sites for hydroxylation is 1. The first-order chi connectivity index (χ1) is 12.5. The lowest BCUT2D eigenvalue weighted by Gasteiger charge is -2.04. The SMILES string of the molecule is CCc1cc2c(=O)n(CC(=O)NN=Cc3ccc(Cl)cc3Cl)cnc2s1. The highest BCUT2D eigenvalue weighted by atomic mass is 35.5. The molecule has 26 heavy (non-hydrogen) atoms. The standard InChI is InChI=1S/C17H14Cl2N4O2S/c1-2-12-6-13-16(26-12)20-9-23(17(13)25)8-15(24)22-21-7-10-3-4-11(18)5-14(10)19/h3-7,9H,2,8H2,1H3,(H,22,24). The lowest BCUT2D eigenvalue weighted by molar-refractivity contribution is -0.121. The van der Waals surface area contributed by atoms with Gasteiger partial charge >= 0.3 is 0 Å². The molecule has 0 aliphatic rings. The number of benzene rings is 1. The fourth-order valence-electron chi connectivity index (χ4n) is 2.27. The van der Waals surface area contributed by atoms with Crippen LogP contribution < -0.4 is 11.0 Å². The van der Waals surface area contributed by atoms with Gasteiger partial charge in [0, 0.05) is 15.5 Å². The molecule has 6 nitrogen and oxygen atoms in total. The molecule has 2 aromatic heterocycles. The first-order valence-electron chi connectivity index (χ1n) is 7.72. The zero-order chi connectivity index (χ0) is 18.7. The molecule has 0 radical (unpaired) electrons. The third-order valence-electron chi connectivity index (χ3n) is 3.59. The third-order valence-corrected chi connectivity index (χ3v) is 5.34. The second-order valence-corrected chi connectivity index (χ2v) is 7.38. The topological polar surface area (TPSA) is 76.3 Å². The van der Waals surface area contributed by atoms with Crippen molar-refractivity contribution in [3.8, 4) is 0 Å². The molecule has 1 amide bonds. The quantitative estimate of drug-likeness (QED) is 0.518. The maximum absolute atomic E-state index is 12.4. The molecule has 2 heterocycles. The van der Waals surface area contributed by atoms with Crippen molar-refractivity contribution in [1.29, 1.82) is 0 Å². The molecule has 134 valence electrons. The molecule has 0 unspecified atom stereocenters. The summed E-state index contributed by atoms with van der Waals surface area (Å²) in [5.74, 6) is -0.444. The van der Waals surface area contributed by atoms with Crippen molar-refractivity contribution in [2.45, 2.75) is 19.9 Å². The summed E-state index contributed by atoms with van der Waals surface area (Å²) in [7, 11) is 0. The lowest BCUT2D eigenvalue weighted by atomic mass is 10.2. The summed E-state index contributed by atoms with van der Waals surface area (Å²) in [6.45, 7) is 1.84. The second kappa shape index (κ2) is 7.99. The highest BCUT2D eigenvalue weighted by molar-refractivity contribution is 7.18. The van der Waals surface area contributed by atoms with Crippen molar-refractivity contribution < 1.29 is 4.79 Å². The minimum atomic E-state index is -0.444. The van der Waals surface area contributed by atoms with Gasteiger partial charge in [-0.15, -0.1) is 11.3 Å². The van der Waals surface area contributed by atoms with Gasteiger partial charge in [0.05, 0.1) is 23.0 Å². The Balaban J connectivity index is 1.70. The van der Waals surface area contributed by atoms with Gasteiger partial charge in [0.1, 0.15) is 11.4 Å². The van der Waals surface area contributed by atoms with Crippen LogP contribution >= 0.6 is 34.5 Å². The molecule has 3 aromatic rings. The minimum absolute atomic E-state index is 0.176. The highest BCUT2D eigenvalue weighted by Crippen LogP contribution is 2.21. The second-order valence-electron chi connectivity index (χ2n) is 5.42. The largest absolute Gasteiger partial charge is 0.289 e. The van der Waals surface area contributed by atoms with Gasteiger partial charge in [-0.2, -0.15) is 5.10 Å². The van der Waals surface area contributed by atoms with Crippen molar-refractivity contribution in [1.82, 2.24) is 15.0 Å². The summed E-state index contributed by atoms with van der Waals surface area (Å²) < 4.78 is 1.26. The minimum Gasteiger partial charge on any atom is -0.289 e. The average molecular weight is 409 g/mol. The van der Waals surface area contributed by atoms with Crippen LogP contribution in [-0.4, -0.2) is 21.7 Å². The summed E-state index contributed by atoms with van der Waals surface area (Å²) >= 11 is 13.3. The summed E-state index contributed by atoms with van der Waals surface area (Å²) in [5, 5.41) is 5.31.